The maximum Gasteiger partial charge on any atom is 0.132 e. The average Bonchev–Trinajstić information content (AvgIpc) is 2.86. The number of rotatable bonds is 7. The molecular formula is C18H25NO3S. The van der Waals surface area contributed by atoms with Crippen molar-refractivity contribution in [3.05, 3.63) is 46.9 Å². The monoisotopic (exact) mass is 335 g/mol. The van der Waals surface area contributed by atoms with Crippen molar-refractivity contribution in [2.45, 2.75) is 37.8 Å². The molecule has 0 aliphatic rings. The Kier molecular flexibility index (Phi) is 5.79. The van der Waals surface area contributed by atoms with Crippen LogP contribution in [0.15, 0.2) is 33.6 Å². The van der Waals surface area contributed by atoms with Gasteiger partial charge in [-0.2, -0.15) is 0 Å². The number of methoxy groups -OCH3 is 1. The fourth-order valence-electron chi connectivity index (χ4n) is 2.70. The Morgan fingerprint density at radius 1 is 1.30 bits per heavy atom. The lowest BCUT2D eigenvalue weighted by Gasteiger charge is -2.23. The molecule has 1 aromatic heterocycles. The van der Waals surface area contributed by atoms with Crippen LogP contribution in [0, 0.1) is 13.8 Å². The Morgan fingerprint density at radius 3 is 2.61 bits per heavy atom. The number of thioether (sulfide) groups is 1. The molecule has 4 nitrogen and oxygen atoms in total. The van der Waals surface area contributed by atoms with Crippen LogP contribution in [0.4, 0.5) is 0 Å². The number of aryl methyl sites for hydroxylation is 2. The summed E-state index contributed by atoms with van der Waals surface area (Å²) in [7, 11) is 1.68. The normalized spacial score (nSPS) is 13.8. The van der Waals surface area contributed by atoms with E-state index in [9.17, 15) is 5.11 Å². The lowest BCUT2D eigenvalue weighted by atomic mass is 9.96. The second-order valence-electron chi connectivity index (χ2n) is 5.89. The summed E-state index contributed by atoms with van der Waals surface area (Å²) in [6.07, 6.45) is 2.03. The van der Waals surface area contributed by atoms with Crippen molar-refractivity contribution < 1.29 is 14.3 Å². The van der Waals surface area contributed by atoms with E-state index in [1.807, 2.05) is 38.3 Å². The third kappa shape index (κ3) is 4.31. The van der Waals surface area contributed by atoms with Gasteiger partial charge in [-0.3, -0.25) is 0 Å². The quantitative estimate of drug-likeness (QED) is 0.757. The third-order valence-corrected chi connectivity index (χ3v) is 4.63. The molecule has 1 aromatic carbocycles. The lowest BCUT2D eigenvalue weighted by Crippen LogP contribution is -2.35. The van der Waals surface area contributed by atoms with Gasteiger partial charge in [-0.25, -0.2) is 0 Å². The Balaban J connectivity index is 2.00. The predicted molar refractivity (Wildman–Crippen MR) is 94.2 cm³/mol. The first-order chi connectivity index (χ1) is 10.9. The van der Waals surface area contributed by atoms with Gasteiger partial charge in [-0.15, -0.1) is 11.8 Å². The van der Waals surface area contributed by atoms with Crippen LogP contribution in [0.2, 0.25) is 0 Å². The molecule has 126 valence electrons. The van der Waals surface area contributed by atoms with Crippen molar-refractivity contribution in [2.24, 2.45) is 0 Å². The van der Waals surface area contributed by atoms with Crippen molar-refractivity contribution in [1.82, 2.24) is 5.32 Å². The average molecular weight is 335 g/mol. The first-order valence-electron chi connectivity index (χ1n) is 7.59. The van der Waals surface area contributed by atoms with Crippen LogP contribution in [0.5, 0.6) is 5.75 Å². The lowest BCUT2D eigenvalue weighted by molar-refractivity contribution is 0.0552. The van der Waals surface area contributed by atoms with Crippen LogP contribution in [0.3, 0.4) is 0 Å². The summed E-state index contributed by atoms with van der Waals surface area (Å²) in [6.45, 7) is 6.71. The molecule has 0 spiro atoms. The molecule has 0 saturated carbocycles. The van der Waals surface area contributed by atoms with Gasteiger partial charge in [-0.05, 0) is 50.8 Å². The van der Waals surface area contributed by atoms with Crippen molar-refractivity contribution in [1.29, 1.82) is 0 Å². The number of hydrogen-bond donors (Lipinski definition) is 2. The fraction of sp³-hybridized carbons (Fsp3) is 0.444. The predicted octanol–water partition coefficient (Wildman–Crippen LogP) is 3.62. The Bertz CT molecular complexity index is 664. The van der Waals surface area contributed by atoms with Crippen LogP contribution < -0.4 is 10.1 Å². The highest BCUT2D eigenvalue weighted by Crippen LogP contribution is 2.29. The molecule has 1 unspecified atom stereocenters. The SMILES string of the molecule is COc1ccc(CNCC(C)(O)c2cc(C)oc2C)cc1SC. The molecule has 0 bridgehead atoms. The van der Waals surface area contributed by atoms with Crippen LogP contribution in [-0.2, 0) is 12.1 Å². The van der Waals surface area contributed by atoms with Crippen LogP contribution in [-0.4, -0.2) is 25.0 Å². The van der Waals surface area contributed by atoms with Gasteiger partial charge in [0, 0.05) is 23.5 Å². The maximum atomic E-state index is 10.7. The Hall–Kier alpha value is -1.43. The topological polar surface area (TPSA) is 54.6 Å². The van der Waals surface area contributed by atoms with E-state index in [0.717, 1.165) is 33.3 Å². The zero-order valence-corrected chi connectivity index (χ0v) is 15.2. The molecule has 5 heteroatoms. The van der Waals surface area contributed by atoms with Crippen LogP contribution in [0.25, 0.3) is 0 Å². The van der Waals surface area contributed by atoms with Crippen molar-refractivity contribution in [3.8, 4) is 5.75 Å². The van der Waals surface area contributed by atoms with E-state index in [1.165, 1.54) is 0 Å². The molecule has 0 saturated heterocycles. The fourth-order valence-corrected chi connectivity index (χ4v) is 3.32. The molecule has 2 aromatic rings. The molecule has 0 fully saturated rings. The minimum absolute atomic E-state index is 0.452. The molecule has 0 radical (unpaired) electrons. The van der Waals surface area contributed by atoms with E-state index in [2.05, 4.69) is 11.4 Å². The van der Waals surface area contributed by atoms with Gasteiger partial charge >= 0.3 is 0 Å². The van der Waals surface area contributed by atoms with Gasteiger partial charge in [0.25, 0.3) is 0 Å². The third-order valence-electron chi connectivity index (χ3n) is 3.87. The summed E-state index contributed by atoms with van der Waals surface area (Å²) in [5, 5.41) is 14.0. The molecule has 0 amide bonds. The molecule has 23 heavy (non-hydrogen) atoms. The van der Waals surface area contributed by atoms with Gasteiger partial charge in [-0.1, -0.05) is 6.07 Å². The van der Waals surface area contributed by atoms with Crippen LogP contribution >= 0.6 is 11.8 Å². The van der Waals surface area contributed by atoms with E-state index in [0.29, 0.717) is 13.1 Å². The van der Waals surface area contributed by atoms with E-state index < -0.39 is 5.60 Å². The summed E-state index contributed by atoms with van der Waals surface area (Å²) in [4.78, 5) is 1.11. The zero-order valence-electron chi connectivity index (χ0n) is 14.4. The zero-order chi connectivity index (χ0) is 17.0. The number of benzene rings is 1. The Morgan fingerprint density at radius 2 is 2.04 bits per heavy atom. The second kappa shape index (κ2) is 7.43. The highest BCUT2D eigenvalue weighted by atomic mass is 32.2. The van der Waals surface area contributed by atoms with Crippen molar-refractivity contribution >= 4 is 11.8 Å². The molecule has 1 atom stereocenters. The molecule has 0 aliphatic heterocycles. The molecule has 0 aliphatic carbocycles. The smallest absolute Gasteiger partial charge is 0.132 e. The Labute approximate surface area is 142 Å². The summed E-state index contributed by atoms with van der Waals surface area (Å²) in [5.41, 5.74) is 1.03. The van der Waals surface area contributed by atoms with E-state index in [-0.39, 0.29) is 0 Å². The van der Waals surface area contributed by atoms with Gasteiger partial charge in [0.15, 0.2) is 0 Å². The van der Waals surface area contributed by atoms with E-state index in [1.54, 1.807) is 25.8 Å². The standard InChI is InChI=1S/C18H25NO3S/c1-12-8-15(13(2)22-12)18(3,20)11-19-10-14-6-7-16(21-4)17(9-14)23-5/h6-9,19-20H,10-11H2,1-5H3. The van der Waals surface area contributed by atoms with Gasteiger partial charge in [0.2, 0.25) is 0 Å². The largest absolute Gasteiger partial charge is 0.496 e. The summed E-state index contributed by atoms with van der Waals surface area (Å²) >= 11 is 1.66. The van der Waals surface area contributed by atoms with Gasteiger partial charge in [0.1, 0.15) is 22.9 Å². The molecule has 1 heterocycles. The summed E-state index contributed by atoms with van der Waals surface area (Å²) in [6, 6.07) is 8.02. The van der Waals surface area contributed by atoms with Gasteiger partial charge < -0.3 is 19.6 Å². The van der Waals surface area contributed by atoms with Crippen LogP contribution in [0.1, 0.15) is 29.6 Å². The summed E-state index contributed by atoms with van der Waals surface area (Å²) < 4.78 is 10.8. The molecule has 2 N–H and O–H groups in total. The van der Waals surface area contributed by atoms with E-state index in [4.69, 9.17) is 9.15 Å². The van der Waals surface area contributed by atoms with Crippen molar-refractivity contribution in [2.75, 3.05) is 19.9 Å². The summed E-state index contributed by atoms with van der Waals surface area (Å²) in [5.74, 6) is 2.47. The number of furan rings is 1. The highest BCUT2D eigenvalue weighted by Gasteiger charge is 2.27. The molecular weight excluding hydrogens is 310 g/mol. The van der Waals surface area contributed by atoms with E-state index >= 15 is 0 Å². The minimum atomic E-state index is -0.962. The highest BCUT2D eigenvalue weighted by molar-refractivity contribution is 7.98. The van der Waals surface area contributed by atoms with Gasteiger partial charge in [0.05, 0.1) is 7.11 Å². The maximum absolute atomic E-state index is 10.7. The number of aliphatic hydroxyl groups is 1. The molecule has 2 rings (SSSR count). The number of ether oxygens (including phenoxy) is 1. The number of hydrogen-bond acceptors (Lipinski definition) is 5. The second-order valence-corrected chi connectivity index (χ2v) is 6.74. The first-order valence-corrected chi connectivity index (χ1v) is 8.81. The first kappa shape index (κ1) is 17.9. The minimum Gasteiger partial charge on any atom is -0.496 e. The van der Waals surface area contributed by atoms with Crippen molar-refractivity contribution in [3.63, 3.8) is 0 Å². The number of nitrogens with one attached hydrogen (secondary N) is 1.